The van der Waals surface area contributed by atoms with Gasteiger partial charge < -0.3 is 10.1 Å². The number of thioether (sulfide) groups is 1. The molecule has 14 heavy (non-hydrogen) atoms. The molecule has 1 heterocycles. The molecule has 1 aliphatic heterocycles. The molecule has 82 valence electrons. The molecule has 0 amide bonds. The Morgan fingerprint density at radius 1 is 1.21 bits per heavy atom. The van der Waals surface area contributed by atoms with Gasteiger partial charge in [-0.3, -0.25) is 0 Å². The van der Waals surface area contributed by atoms with Crippen molar-refractivity contribution in [1.82, 2.24) is 5.32 Å². The maximum Gasteiger partial charge on any atom is 0.0506 e. The molecular formula is C11H21NOS. The average Bonchev–Trinajstić information content (AvgIpc) is 2.15. The van der Waals surface area contributed by atoms with Gasteiger partial charge >= 0.3 is 0 Å². The van der Waals surface area contributed by atoms with Gasteiger partial charge in [-0.1, -0.05) is 6.92 Å². The van der Waals surface area contributed by atoms with E-state index >= 15 is 0 Å². The second-order valence-corrected chi connectivity index (χ2v) is 5.65. The van der Waals surface area contributed by atoms with Crippen molar-refractivity contribution in [2.75, 3.05) is 19.5 Å². The highest BCUT2D eigenvalue weighted by Crippen LogP contribution is 2.31. The summed E-state index contributed by atoms with van der Waals surface area (Å²) in [5.74, 6) is 0.687. The largest absolute Gasteiger partial charge is 0.381 e. The van der Waals surface area contributed by atoms with E-state index < -0.39 is 0 Å². The molecule has 1 saturated carbocycles. The minimum Gasteiger partial charge on any atom is -0.381 e. The lowest BCUT2D eigenvalue weighted by Gasteiger charge is -2.41. The van der Waals surface area contributed by atoms with Crippen LogP contribution in [0.4, 0.5) is 0 Å². The molecule has 0 aromatic carbocycles. The summed E-state index contributed by atoms with van der Waals surface area (Å²) in [5, 5.41) is 4.67. The fraction of sp³-hybridized carbons (Fsp3) is 1.00. The van der Waals surface area contributed by atoms with Crippen LogP contribution in [0.5, 0.6) is 0 Å². The van der Waals surface area contributed by atoms with E-state index in [0.717, 1.165) is 24.5 Å². The van der Waals surface area contributed by atoms with Crippen LogP contribution in [0.25, 0.3) is 0 Å². The summed E-state index contributed by atoms with van der Waals surface area (Å²) in [6.45, 7) is 4.18. The monoisotopic (exact) mass is 215 g/mol. The lowest BCUT2D eigenvalue weighted by atomic mass is 9.88. The second kappa shape index (κ2) is 4.86. The van der Waals surface area contributed by atoms with E-state index in [0.29, 0.717) is 12.0 Å². The van der Waals surface area contributed by atoms with Crippen LogP contribution in [0.15, 0.2) is 0 Å². The zero-order chi connectivity index (χ0) is 9.97. The van der Waals surface area contributed by atoms with Gasteiger partial charge in [-0.15, -0.1) is 0 Å². The normalized spacial score (nSPS) is 43.3. The van der Waals surface area contributed by atoms with Crippen molar-refractivity contribution < 1.29 is 4.74 Å². The predicted octanol–water partition coefficient (Wildman–Crippen LogP) is 1.90. The van der Waals surface area contributed by atoms with Gasteiger partial charge in [-0.05, 0) is 31.4 Å². The highest BCUT2D eigenvalue weighted by molar-refractivity contribution is 7.99. The van der Waals surface area contributed by atoms with Gasteiger partial charge in [0, 0.05) is 23.9 Å². The molecule has 0 aromatic heterocycles. The van der Waals surface area contributed by atoms with Crippen LogP contribution in [0.2, 0.25) is 0 Å². The second-order valence-electron chi connectivity index (χ2n) is 4.57. The molecule has 0 radical (unpaired) electrons. The first-order valence-corrected chi connectivity index (χ1v) is 6.96. The van der Waals surface area contributed by atoms with Crippen LogP contribution in [-0.2, 0) is 4.74 Å². The molecule has 1 N–H and O–H groups in total. The fourth-order valence-corrected chi connectivity index (χ4v) is 3.26. The summed E-state index contributed by atoms with van der Waals surface area (Å²) < 4.78 is 5.45. The third-order valence-corrected chi connectivity index (χ3v) is 4.75. The molecule has 0 aromatic rings. The zero-order valence-corrected chi connectivity index (χ0v) is 9.98. The van der Waals surface area contributed by atoms with Gasteiger partial charge in [0.05, 0.1) is 6.61 Å². The Labute approximate surface area is 91.2 Å². The molecule has 1 saturated heterocycles. The summed E-state index contributed by atoms with van der Waals surface area (Å²) in [6, 6.07) is 1.47. The minimum atomic E-state index is 0.687. The Kier molecular flexibility index (Phi) is 3.74. The molecule has 2 fully saturated rings. The van der Waals surface area contributed by atoms with E-state index in [2.05, 4.69) is 18.5 Å². The number of nitrogens with one attached hydrogen (secondary N) is 1. The summed E-state index contributed by atoms with van der Waals surface area (Å²) in [7, 11) is 0. The van der Waals surface area contributed by atoms with Crippen molar-refractivity contribution in [1.29, 1.82) is 0 Å². The smallest absolute Gasteiger partial charge is 0.0506 e. The highest BCUT2D eigenvalue weighted by Gasteiger charge is 2.33. The molecular weight excluding hydrogens is 194 g/mol. The Morgan fingerprint density at radius 2 is 2.07 bits per heavy atom. The first-order valence-electron chi connectivity index (χ1n) is 5.68. The molecule has 4 unspecified atom stereocenters. The van der Waals surface area contributed by atoms with Crippen molar-refractivity contribution in [3.8, 4) is 0 Å². The lowest BCUT2D eigenvalue weighted by Crippen LogP contribution is -2.54. The molecule has 0 spiro atoms. The first kappa shape index (κ1) is 10.8. The van der Waals surface area contributed by atoms with E-state index in [1.807, 2.05) is 11.8 Å². The first-order chi connectivity index (χ1) is 6.81. The van der Waals surface area contributed by atoms with Gasteiger partial charge in [0.15, 0.2) is 0 Å². The van der Waals surface area contributed by atoms with Crippen molar-refractivity contribution in [2.24, 2.45) is 5.92 Å². The van der Waals surface area contributed by atoms with Crippen LogP contribution < -0.4 is 5.32 Å². The Balaban J connectivity index is 1.78. The number of hydrogen-bond acceptors (Lipinski definition) is 3. The summed E-state index contributed by atoms with van der Waals surface area (Å²) in [6.07, 6.45) is 6.19. The van der Waals surface area contributed by atoms with Gasteiger partial charge in [-0.2, -0.15) is 11.8 Å². The van der Waals surface area contributed by atoms with Gasteiger partial charge in [0.2, 0.25) is 0 Å². The molecule has 2 aliphatic rings. The average molecular weight is 215 g/mol. The van der Waals surface area contributed by atoms with Crippen LogP contribution in [0.1, 0.15) is 26.2 Å². The van der Waals surface area contributed by atoms with Gasteiger partial charge in [0.25, 0.3) is 0 Å². The van der Waals surface area contributed by atoms with Crippen molar-refractivity contribution in [3.63, 3.8) is 0 Å². The van der Waals surface area contributed by atoms with E-state index in [1.54, 1.807) is 0 Å². The maximum absolute atomic E-state index is 5.45. The molecule has 4 atom stereocenters. The van der Waals surface area contributed by atoms with Crippen molar-refractivity contribution in [3.05, 3.63) is 0 Å². The Morgan fingerprint density at radius 3 is 2.64 bits per heavy atom. The summed E-state index contributed by atoms with van der Waals surface area (Å²) >= 11 is 2.02. The van der Waals surface area contributed by atoms with Crippen LogP contribution >= 0.6 is 11.8 Å². The van der Waals surface area contributed by atoms with E-state index in [9.17, 15) is 0 Å². The summed E-state index contributed by atoms with van der Waals surface area (Å²) in [4.78, 5) is 0. The molecule has 0 bridgehead atoms. The van der Waals surface area contributed by atoms with Crippen LogP contribution in [0, 0.1) is 5.92 Å². The maximum atomic E-state index is 5.45. The van der Waals surface area contributed by atoms with Crippen molar-refractivity contribution >= 4 is 11.8 Å². The highest BCUT2D eigenvalue weighted by atomic mass is 32.2. The fourth-order valence-electron chi connectivity index (χ4n) is 2.34. The molecule has 1 aliphatic carbocycles. The molecule has 2 rings (SSSR count). The van der Waals surface area contributed by atoms with Crippen molar-refractivity contribution in [2.45, 2.75) is 43.5 Å². The zero-order valence-electron chi connectivity index (χ0n) is 9.16. The van der Waals surface area contributed by atoms with Crippen LogP contribution in [-0.4, -0.2) is 36.8 Å². The Bertz CT molecular complexity index is 186. The third-order valence-electron chi connectivity index (χ3n) is 3.58. The summed E-state index contributed by atoms with van der Waals surface area (Å²) in [5.41, 5.74) is 0. The number of rotatable bonds is 3. The van der Waals surface area contributed by atoms with Crippen LogP contribution in [0.3, 0.4) is 0 Å². The third kappa shape index (κ3) is 2.26. The SMILES string of the molecule is CSC1CCC1NC1CCOCC1C. The molecule has 3 heteroatoms. The number of ether oxygens (including phenoxy) is 1. The predicted molar refractivity (Wildman–Crippen MR) is 61.8 cm³/mol. The van der Waals surface area contributed by atoms with E-state index in [1.165, 1.54) is 19.3 Å². The van der Waals surface area contributed by atoms with Gasteiger partial charge in [0.1, 0.15) is 0 Å². The number of hydrogen-bond donors (Lipinski definition) is 1. The Hall–Kier alpha value is 0.270. The molecule has 2 nitrogen and oxygen atoms in total. The minimum absolute atomic E-state index is 0.687. The lowest BCUT2D eigenvalue weighted by molar-refractivity contribution is 0.0329. The quantitative estimate of drug-likeness (QED) is 0.777. The standard InChI is InChI=1S/C11H21NOS/c1-8-7-13-6-5-9(8)12-10-3-4-11(10)14-2/h8-12H,3-7H2,1-2H3. The topological polar surface area (TPSA) is 21.3 Å². The van der Waals surface area contributed by atoms with E-state index in [4.69, 9.17) is 4.74 Å². The van der Waals surface area contributed by atoms with Gasteiger partial charge in [-0.25, -0.2) is 0 Å². The van der Waals surface area contributed by atoms with E-state index in [-0.39, 0.29) is 0 Å².